The van der Waals surface area contributed by atoms with Crippen molar-refractivity contribution >= 4 is 17.5 Å². The molecule has 114 valence electrons. The lowest BCUT2D eigenvalue weighted by Gasteiger charge is -2.26. The van der Waals surface area contributed by atoms with Crippen LogP contribution in [-0.4, -0.2) is 50.1 Å². The van der Waals surface area contributed by atoms with Gasteiger partial charge in [0.15, 0.2) is 0 Å². The van der Waals surface area contributed by atoms with Crippen molar-refractivity contribution in [3.63, 3.8) is 0 Å². The highest BCUT2D eigenvalue weighted by molar-refractivity contribution is 6.05. The van der Waals surface area contributed by atoms with Crippen molar-refractivity contribution in [2.75, 3.05) is 32.6 Å². The Kier molecular flexibility index (Phi) is 4.29. The Morgan fingerprint density at radius 1 is 1.38 bits per heavy atom. The molecule has 2 atom stereocenters. The summed E-state index contributed by atoms with van der Waals surface area (Å²) in [4.78, 5) is 26.1. The number of hydrogen-bond acceptors (Lipinski definition) is 4. The van der Waals surface area contributed by atoms with E-state index in [9.17, 15) is 9.59 Å². The predicted octanol–water partition coefficient (Wildman–Crippen LogP) is 0.691. The SMILES string of the molecule is CN(C)C(=O)c1ccccc1NC(=O)C1(C)COCC1N. The second kappa shape index (κ2) is 5.83. The van der Waals surface area contributed by atoms with Crippen molar-refractivity contribution in [1.82, 2.24) is 4.90 Å². The molecular weight excluding hydrogens is 270 g/mol. The maximum Gasteiger partial charge on any atom is 0.255 e. The maximum atomic E-state index is 12.5. The molecule has 2 rings (SSSR count). The molecule has 6 heteroatoms. The highest BCUT2D eigenvalue weighted by atomic mass is 16.5. The van der Waals surface area contributed by atoms with E-state index in [1.807, 2.05) is 0 Å². The Morgan fingerprint density at radius 2 is 2.05 bits per heavy atom. The predicted molar refractivity (Wildman–Crippen MR) is 80.0 cm³/mol. The third-order valence-electron chi connectivity index (χ3n) is 3.85. The molecule has 2 amide bonds. The van der Waals surface area contributed by atoms with Gasteiger partial charge in [0.05, 0.1) is 29.9 Å². The summed E-state index contributed by atoms with van der Waals surface area (Å²) in [5.41, 5.74) is 6.11. The van der Waals surface area contributed by atoms with Crippen LogP contribution in [0.15, 0.2) is 24.3 Å². The Bertz CT molecular complexity index is 559. The summed E-state index contributed by atoms with van der Waals surface area (Å²) >= 11 is 0. The molecule has 1 aromatic carbocycles. The molecule has 1 fully saturated rings. The number of para-hydroxylation sites is 1. The zero-order valence-corrected chi connectivity index (χ0v) is 12.6. The smallest absolute Gasteiger partial charge is 0.255 e. The molecule has 0 bridgehead atoms. The van der Waals surface area contributed by atoms with E-state index in [2.05, 4.69) is 5.32 Å². The number of hydrogen-bond donors (Lipinski definition) is 2. The summed E-state index contributed by atoms with van der Waals surface area (Å²) in [5.74, 6) is -0.394. The van der Waals surface area contributed by atoms with Gasteiger partial charge in [-0.3, -0.25) is 9.59 Å². The number of nitrogens with one attached hydrogen (secondary N) is 1. The molecular formula is C15H21N3O3. The molecule has 3 N–H and O–H groups in total. The standard InChI is InChI=1S/C15H21N3O3/c1-15(9-21-8-12(15)16)14(20)17-11-7-5-4-6-10(11)13(19)18(2)3/h4-7,12H,8-9,16H2,1-3H3,(H,17,20). The number of rotatable bonds is 3. The monoisotopic (exact) mass is 291 g/mol. The summed E-state index contributed by atoms with van der Waals surface area (Å²) in [6.07, 6.45) is 0. The van der Waals surface area contributed by atoms with Crippen LogP contribution in [0.25, 0.3) is 0 Å². The highest BCUT2D eigenvalue weighted by Crippen LogP contribution is 2.29. The lowest BCUT2D eigenvalue weighted by molar-refractivity contribution is -0.125. The average Bonchev–Trinajstić information content (AvgIpc) is 2.79. The van der Waals surface area contributed by atoms with Gasteiger partial charge in [-0.1, -0.05) is 12.1 Å². The van der Waals surface area contributed by atoms with Crippen molar-refractivity contribution < 1.29 is 14.3 Å². The van der Waals surface area contributed by atoms with E-state index in [4.69, 9.17) is 10.5 Å². The average molecular weight is 291 g/mol. The summed E-state index contributed by atoms with van der Waals surface area (Å²) in [6, 6.07) is 6.58. The van der Waals surface area contributed by atoms with E-state index in [0.717, 1.165) is 0 Å². The van der Waals surface area contributed by atoms with Gasteiger partial charge >= 0.3 is 0 Å². The second-order valence-electron chi connectivity index (χ2n) is 5.74. The van der Waals surface area contributed by atoms with Crippen LogP contribution >= 0.6 is 0 Å². The molecule has 0 aliphatic carbocycles. The van der Waals surface area contributed by atoms with Crippen LogP contribution in [0.2, 0.25) is 0 Å². The van der Waals surface area contributed by atoms with E-state index in [1.165, 1.54) is 4.90 Å². The Morgan fingerprint density at radius 3 is 2.62 bits per heavy atom. The van der Waals surface area contributed by atoms with Gasteiger partial charge in [0.25, 0.3) is 5.91 Å². The number of nitrogens with zero attached hydrogens (tertiary/aromatic N) is 1. The van der Waals surface area contributed by atoms with Crippen molar-refractivity contribution in [3.8, 4) is 0 Å². The fraction of sp³-hybridized carbons (Fsp3) is 0.467. The first-order chi connectivity index (χ1) is 9.86. The topological polar surface area (TPSA) is 84.7 Å². The van der Waals surface area contributed by atoms with Crippen LogP contribution in [0.4, 0.5) is 5.69 Å². The first-order valence-corrected chi connectivity index (χ1v) is 6.81. The van der Waals surface area contributed by atoms with E-state index < -0.39 is 5.41 Å². The maximum absolute atomic E-state index is 12.5. The molecule has 0 spiro atoms. The molecule has 1 saturated heterocycles. The fourth-order valence-corrected chi connectivity index (χ4v) is 2.21. The van der Waals surface area contributed by atoms with Crippen LogP contribution in [0.5, 0.6) is 0 Å². The lowest BCUT2D eigenvalue weighted by atomic mass is 9.84. The Balaban J connectivity index is 2.24. The number of benzene rings is 1. The highest BCUT2D eigenvalue weighted by Gasteiger charge is 2.44. The molecule has 21 heavy (non-hydrogen) atoms. The number of carbonyl (C=O) groups is 2. The fourth-order valence-electron chi connectivity index (χ4n) is 2.21. The quantitative estimate of drug-likeness (QED) is 0.858. The van der Waals surface area contributed by atoms with Crippen LogP contribution in [0.3, 0.4) is 0 Å². The summed E-state index contributed by atoms with van der Waals surface area (Å²) < 4.78 is 5.29. The third kappa shape index (κ3) is 2.91. The number of ether oxygens (including phenoxy) is 1. The minimum absolute atomic E-state index is 0.164. The molecule has 6 nitrogen and oxygen atoms in total. The van der Waals surface area contributed by atoms with E-state index in [1.54, 1.807) is 45.3 Å². The first-order valence-electron chi connectivity index (χ1n) is 6.81. The molecule has 0 aromatic heterocycles. The molecule has 1 heterocycles. The number of carbonyl (C=O) groups excluding carboxylic acids is 2. The van der Waals surface area contributed by atoms with Crippen molar-refractivity contribution in [2.24, 2.45) is 11.1 Å². The summed E-state index contributed by atoms with van der Waals surface area (Å²) in [6.45, 7) is 2.42. The van der Waals surface area contributed by atoms with Gasteiger partial charge in [-0.05, 0) is 19.1 Å². The zero-order chi connectivity index (χ0) is 15.6. The molecule has 1 aromatic rings. The molecule has 0 saturated carbocycles. The van der Waals surface area contributed by atoms with Crippen molar-refractivity contribution in [1.29, 1.82) is 0 Å². The number of amides is 2. The van der Waals surface area contributed by atoms with Gasteiger partial charge in [-0.15, -0.1) is 0 Å². The van der Waals surface area contributed by atoms with Crippen LogP contribution in [0, 0.1) is 5.41 Å². The minimum atomic E-state index is -0.783. The van der Waals surface area contributed by atoms with Gasteiger partial charge in [0.1, 0.15) is 0 Å². The van der Waals surface area contributed by atoms with Gasteiger partial charge < -0.3 is 20.7 Å². The van der Waals surface area contributed by atoms with Crippen molar-refractivity contribution in [2.45, 2.75) is 13.0 Å². The zero-order valence-electron chi connectivity index (χ0n) is 12.6. The van der Waals surface area contributed by atoms with Gasteiger partial charge in [0, 0.05) is 20.1 Å². The molecule has 0 radical (unpaired) electrons. The molecule has 2 unspecified atom stereocenters. The number of anilines is 1. The Labute approximate surface area is 124 Å². The van der Waals surface area contributed by atoms with Crippen LogP contribution in [0.1, 0.15) is 17.3 Å². The van der Waals surface area contributed by atoms with E-state index >= 15 is 0 Å². The Hall–Kier alpha value is -1.92. The summed E-state index contributed by atoms with van der Waals surface area (Å²) in [7, 11) is 3.34. The van der Waals surface area contributed by atoms with Gasteiger partial charge in [-0.25, -0.2) is 0 Å². The van der Waals surface area contributed by atoms with E-state index in [-0.39, 0.29) is 24.5 Å². The third-order valence-corrected chi connectivity index (χ3v) is 3.85. The van der Waals surface area contributed by atoms with Crippen LogP contribution < -0.4 is 11.1 Å². The lowest BCUT2D eigenvalue weighted by Crippen LogP contribution is -2.47. The van der Waals surface area contributed by atoms with Gasteiger partial charge in [-0.2, -0.15) is 0 Å². The molecule has 1 aliphatic heterocycles. The largest absolute Gasteiger partial charge is 0.379 e. The van der Waals surface area contributed by atoms with E-state index in [0.29, 0.717) is 17.9 Å². The van der Waals surface area contributed by atoms with Crippen molar-refractivity contribution in [3.05, 3.63) is 29.8 Å². The van der Waals surface area contributed by atoms with Crippen LogP contribution in [-0.2, 0) is 9.53 Å². The summed E-state index contributed by atoms with van der Waals surface area (Å²) in [5, 5.41) is 2.81. The molecule has 1 aliphatic rings. The number of nitrogens with two attached hydrogens (primary N) is 1. The minimum Gasteiger partial charge on any atom is -0.379 e. The first kappa shape index (κ1) is 15.5. The normalized spacial score (nSPS) is 24.7. The second-order valence-corrected chi connectivity index (χ2v) is 5.74. The van der Waals surface area contributed by atoms with Gasteiger partial charge in [0.2, 0.25) is 5.91 Å².